The predicted octanol–water partition coefficient (Wildman–Crippen LogP) is 4.25. The van der Waals surface area contributed by atoms with Gasteiger partial charge in [-0.15, -0.1) is 23.1 Å². The number of carboxylic acid groups (broad SMARTS) is 1. The van der Waals surface area contributed by atoms with E-state index in [4.69, 9.17) is 5.11 Å². The van der Waals surface area contributed by atoms with Crippen LogP contribution in [0.4, 0.5) is 4.39 Å². The van der Waals surface area contributed by atoms with E-state index < -0.39 is 17.5 Å². The van der Waals surface area contributed by atoms with Crippen LogP contribution < -0.4 is 0 Å². The topological polar surface area (TPSA) is 62.5 Å². The number of fused-ring (bicyclic) bond motifs is 1. The first-order chi connectivity index (χ1) is 11.4. The first-order valence-corrected chi connectivity index (χ1v) is 9.29. The molecule has 0 saturated carbocycles. The molecule has 3 rings (SSSR count). The standard InChI is InChI=1S/C17H16FNO3S2/c1-9-11(6-16(21)22)12-5-15(20)13(18)7-14(12)19(9)8-10-3-4-17(23-2)24-10/h3-5,7,20H,6,8H2,1-2H3,(H,21,22). The van der Waals surface area contributed by atoms with Gasteiger partial charge in [-0.2, -0.15) is 0 Å². The SMILES string of the molecule is CSc1ccc(Cn2c(C)c(CC(=O)O)c3cc(O)c(F)cc32)s1. The van der Waals surface area contributed by atoms with E-state index in [1.54, 1.807) is 23.1 Å². The number of carboxylic acids is 1. The summed E-state index contributed by atoms with van der Waals surface area (Å²) in [6, 6.07) is 6.64. The molecule has 0 aliphatic heterocycles. The number of halogens is 1. The minimum Gasteiger partial charge on any atom is -0.505 e. The molecule has 2 aromatic heterocycles. The first-order valence-electron chi connectivity index (χ1n) is 7.25. The van der Waals surface area contributed by atoms with Crippen LogP contribution in [-0.2, 0) is 17.8 Å². The Hall–Kier alpha value is -1.99. The van der Waals surface area contributed by atoms with Gasteiger partial charge in [-0.05, 0) is 36.9 Å². The van der Waals surface area contributed by atoms with Crippen molar-refractivity contribution < 1.29 is 19.4 Å². The van der Waals surface area contributed by atoms with E-state index in [9.17, 15) is 14.3 Å². The highest BCUT2D eigenvalue weighted by Crippen LogP contribution is 2.33. The first kappa shape index (κ1) is 16.9. The maximum atomic E-state index is 13.8. The number of aromatic nitrogens is 1. The van der Waals surface area contributed by atoms with Crippen molar-refractivity contribution in [3.05, 3.63) is 46.2 Å². The van der Waals surface area contributed by atoms with Crippen molar-refractivity contribution in [2.45, 2.75) is 24.1 Å². The molecular formula is C17H16FNO3S2. The lowest BCUT2D eigenvalue weighted by molar-refractivity contribution is -0.136. The third kappa shape index (κ3) is 3.01. The number of aliphatic carboxylic acids is 1. The second-order valence-corrected chi connectivity index (χ2v) is 7.74. The molecule has 0 spiro atoms. The summed E-state index contributed by atoms with van der Waals surface area (Å²) in [6.07, 6.45) is 1.84. The molecule has 0 amide bonds. The van der Waals surface area contributed by atoms with Gasteiger partial charge in [-0.25, -0.2) is 4.39 Å². The van der Waals surface area contributed by atoms with E-state index in [2.05, 4.69) is 0 Å². The molecule has 0 aliphatic rings. The molecule has 0 saturated heterocycles. The summed E-state index contributed by atoms with van der Waals surface area (Å²) in [5.74, 6) is -2.13. The molecular weight excluding hydrogens is 349 g/mol. The fraction of sp³-hybridized carbons (Fsp3) is 0.235. The van der Waals surface area contributed by atoms with Gasteiger partial charge in [-0.3, -0.25) is 4.79 Å². The number of rotatable bonds is 5. The second-order valence-electron chi connectivity index (χ2n) is 5.47. The number of thioether (sulfide) groups is 1. The summed E-state index contributed by atoms with van der Waals surface area (Å²) in [4.78, 5) is 12.3. The third-order valence-corrected chi connectivity index (χ3v) is 6.16. The van der Waals surface area contributed by atoms with Crippen molar-refractivity contribution in [2.24, 2.45) is 0 Å². The van der Waals surface area contributed by atoms with E-state index in [0.717, 1.165) is 10.6 Å². The van der Waals surface area contributed by atoms with Crippen molar-refractivity contribution in [1.29, 1.82) is 0 Å². The molecule has 3 aromatic rings. The number of phenolic OH excluding ortho intramolecular Hbond substituents is 1. The second kappa shape index (κ2) is 6.49. The molecule has 1 aromatic carbocycles. The van der Waals surface area contributed by atoms with Crippen molar-refractivity contribution >= 4 is 40.0 Å². The molecule has 7 heteroatoms. The van der Waals surface area contributed by atoms with Crippen LogP contribution in [0.15, 0.2) is 28.5 Å². The Bertz CT molecular complexity index is 930. The largest absolute Gasteiger partial charge is 0.505 e. The number of phenols is 1. The van der Waals surface area contributed by atoms with Crippen LogP contribution >= 0.6 is 23.1 Å². The molecule has 0 fully saturated rings. The molecule has 2 heterocycles. The quantitative estimate of drug-likeness (QED) is 0.664. The van der Waals surface area contributed by atoms with Gasteiger partial charge in [0.05, 0.1) is 22.7 Å². The fourth-order valence-electron chi connectivity index (χ4n) is 2.84. The highest BCUT2D eigenvalue weighted by atomic mass is 32.2. The van der Waals surface area contributed by atoms with E-state index >= 15 is 0 Å². The summed E-state index contributed by atoms with van der Waals surface area (Å²) in [6.45, 7) is 2.37. The molecule has 0 unspecified atom stereocenters. The number of hydrogen-bond acceptors (Lipinski definition) is 4. The average molecular weight is 365 g/mol. The van der Waals surface area contributed by atoms with Crippen LogP contribution in [0.5, 0.6) is 5.75 Å². The van der Waals surface area contributed by atoms with Crippen LogP contribution in [0.2, 0.25) is 0 Å². The summed E-state index contributed by atoms with van der Waals surface area (Å²) < 4.78 is 16.9. The molecule has 4 nitrogen and oxygen atoms in total. The minimum absolute atomic E-state index is 0.166. The number of benzene rings is 1. The lowest BCUT2D eigenvalue weighted by Crippen LogP contribution is -2.04. The van der Waals surface area contributed by atoms with Crippen LogP contribution in [-0.4, -0.2) is 27.0 Å². The van der Waals surface area contributed by atoms with Gasteiger partial charge in [0.1, 0.15) is 0 Å². The number of thiophene rings is 1. The Morgan fingerprint density at radius 1 is 1.38 bits per heavy atom. The minimum atomic E-state index is -0.957. The van der Waals surface area contributed by atoms with Crippen molar-refractivity contribution in [3.63, 3.8) is 0 Å². The lowest BCUT2D eigenvalue weighted by atomic mass is 10.1. The van der Waals surface area contributed by atoms with Crippen LogP contribution in [0, 0.1) is 12.7 Å². The van der Waals surface area contributed by atoms with Gasteiger partial charge in [0, 0.05) is 22.0 Å². The summed E-state index contributed by atoms with van der Waals surface area (Å²) in [5, 5.41) is 19.4. The Balaban J connectivity index is 2.16. The molecule has 2 N–H and O–H groups in total. The van der Waals surface area contributed by atoms with Gasteiger partial charge >= 0.3 is 5.97 Å². The molecule has 0 aliphatic carbocycles. The molecule has 0 radical (unpaired) electrons. The number of nitrogens with zero attached hydrogens (tertiary/aromatic N) is 1. The Labute approximate surface area is 146 Å². The van der Waals surface area contributed by atoms with Gasteiger partial charge in [0.25, 0.3) is 0 Å². The Morgan fingerprint density at radius 2 is 2.12 bits per heavy atom. The summed E-state index contributed by atoms with van der Waals surface area (Å²) in [5.41, 5.74) is 1.98. The van der Waals surface area contributed by atoms with Crippen LogP contribution in [0.1, 0.15) is 16.1 Å². The van der Waals surface area contributed by atoms with Gasteiger partial charge in [0.2, 0.25) is 0 Å². The van der Waals surface area contributed by atoms with Gasteiger partial charge in [0.15, 0.2) is 11.6 Å². The van der Waals surface area contributed by atoms with Crippen molar-refractivity contribution in [1.82, 2.24) is 4.57 Å². The number of hydrogen-bond donors (Lipinski definition) is 2. The number of aromatic hydroxyl groups is 1. The lowest BCUT2D eigenvalue weighted by Gasteiger charge is -2.07. The maximum absolute atomic E-state index is 13.8. The van der Waals surface area contributed by atoms with E-state index in [1.165, 1.54) is 16.3 Å². The molecule has 126 valence electrons. The predicted molar refractivity (Wildman–Crippen MR) is 94.8 cm³/mol. The van der Waals surface area contributed by atoms with E-state index in [1.807, 2.05) is 29.9 Å². The number of carbonyl (C=O) groups is 1. The summed E-state index contributed by atoms with van der Waals surface area (Å²) in [7, 11) is 0. The normalized spacial score (nSPS) is 11.3. The van der Waals surface area contributed by atoms with Crippen LogP contribution in [0.3, 0.4) is 0 Å². The molecule has 0 atom stereocenters. The van der Waals surface area contributed by atoms with Crippen molar-refractivity contribution in [2.75, 3.05) is 6.26 Å². The average Bonchev–Trinajstić information content (AvgIpc) is 3.07. The monoisotopic (exact) mass is 365 g/mol. The van der Waals surface area contributed by atoms with Gasteiger partial charge < -0.3 is 14.8 Å². The van der Waals surface area contributed by atoms with Gasteiger partial charge in [-0.1, -0.05) is 0 Å². The summed E-state index contributed by atoms with van der Waals surface area (Å²) >= 11 is 3.32. The molecule has 24 heavy (non-hydrogen) atoms. The zero-order chi connectivity index (χ0) is 17.4. The Morgan fingerprint density at radius 3 is 2.75 bits per heavy atom. The van der Waals surface area contributed by atoms with Crippen LogP contribution in [0.25, 0.3) is 10.9 Å². The zero-order valence-corrected chi connectivity index (χ0v) is 14.8. The maximum Gasteiger partial charge on any atom is 0.307 e. The highest BCUT2D eigenvalue weighted by molar-refractivity contribution is 8.00. The molecule has 0 bridgehead atoms. The zero-order valence-electron chi connectivity index (χ0n) is 13.2. The Kier molecular flexibility index (Phi) is 4.56. The fourth-order valence-corrected chi connectivity index (χ4v) is 4.42. The van der Waals surface area contributed by atoms with Crippen molar-refractivity contribution in [3.8, 4) is 5.75 Å². The highest BCUT2D eigenvalue weighted by Gasteiger charge is 2.19. The third-order valence-electron chi connectivity index (χ3n) is 4.00. The smallest absolute Gasteiger partial charge is 0.307 e. The van der Waals surface area contributed by atoms with E-state index in [-0.39, 0.29) is 6.42 Å². The van der Waals surface area contributed by atoms with E-state index in [0.29, 0.717) is 23.0 Å².